The predicted octanol–water partition coefficient (Wildman–Crippen LogP) is 3.91. The van der Waals surface area contributed by atoms with E-state index in [1.54, 1.807) is 12.1 Å². The van der Waals surface area contributed by atoms with Gasteiger partial charge in [-0.15, -0.1) is 0 Å². The quantitative estimate of drug-likeness (QED) is 0.470. The number of nitrogens with one attached hydrogen (secondary N) is 1. The van der Waals surface area contributed by atoms with Gasteiger partial charge in [0.05, 0.1) is 4.92 Å². The van der Waals surface area contributed by atoms with Gasteiger partial charge in [-0.05, 0) is 37.0 Å². The van der Waals surface area contributed by atoms with Crippen molar-refractivity contribution < 1.29 is 4.92 Å². The van der Waals surface area contributed by atoms with Gasteiger partial charge in [-0.3, -0.25) is 10.1 Å². The number of benzene rings is 1. The van der Waals surface area contributed by atoms with Crippen LogP contribution < -0.4 is 5.32 Å². The molecular formula is C11H15BrN2O2S. The number of halogens is 1. The lowest BCUT2D eigenvalue weighted by molar-refractivity contribution is -0.384. The summed E-state index contributed by atoms with van der Waals surface area (Å²) in [5.41, 5.74) is 0.701. The molecule has 0 aliphatic rings. The molecule has 0 saturated carbocycles. The number of unbranched alkanes of at least 4 members (excludes halogenated alkanes) is 1. The molecule has 17 heavy (non-hydrogen) atoms. The van der Waals surface area contributed by atoms with Gasteiger partial charge in [-0.1, -0.05) is 15.9 Å². The average molecular weight is 319 g/mol. The first-order valence-corrected chi connectivity index (χ1v) is 7.50. The summed E-state index contributed by atoms with van der Waals surface area (Å²) in [6, 6.07) is 5.05. The van der Waals surface area contributed by atoms with Crippen LogP contribution in [0.3, 0.4) is 0 Å². The van der Waals surface area contributed by atoms with Gasteiger partial charge in [0.25, 0.3) is 5.69 Å². The summed E-state index contributed by atoms with van der Waals surface area (Å²) in [4.78, 5) is 10.5. The summed E-state index contributed by atoms with van der Waals surface area (Å²) in [5.74, 6) is 1.13. The Bertz CT molecular complexity index is 388. The molecule has 6 heteroatoms. The van der Waals surface area contributed by atoms with Gasteiger partial charge in [0.2, 0.25) is 0 Å². The Morgan fingerprint density at radius 2 is 2.24 bits per heavy atom. The minimum Gasteiger partial charge on any atom is -0.379 e. The van der Waals surface area contributed by atoms with Crippen molar-refractivity contribution in [2.75, 3.05) is 23.9 Å². The van der Waals surface area contributed by atoms with Gasteiger partial charge >= 0.3 is 0 Å². The molecule has 0 atom stereocenters. The number of anilines is 1. The second kappa shape index (κ2) is 7.55. The van der Waals surface area contributed by atoms with Crippen molar-refractivity contribution in [3.05, 3.63) is 32.8 Å². The summed E-state index contributed by atoms with van der Waals surface area (Å²) in [7, 11) is 0. The number of nitrogens with zero attached hydrogens (tertiary/aromatic N) is 1. The minimum atomic E-state index is -0.366. The molecule has 1 aromatic carbocycles. The van der Waals surface area contributed by atoms with Crippen molar-refractivity contribution in [3.63, 3.8) is 0 Å². The van der Waals surface area contributed by atoms with Crippen LogP contribution in [0.5, 0.6) is 0 Å². The Kier molecular flexibility index (Phi) is 6.36. The largest absolute Gasteiger partial charge is 0.379 e. The van der Waals surface area contributed by atoms with Gasteiger partial charge in [0.15, 0.2) is 0 Å². The maximum atomic E-state index is 10.9. The van der Waals surface area contributed by atoms with Crippen molar-refractivity contribution >= 4 is 39.1 Å². The van der Waals surface area contributed by atoms with Crippen molar-refractivity contribution in [3.8, 4) is 0 Å². The Hall–Kier alpha value is -0.750. The standard InChI is InChI=1S/C11H15BrN2O2S/c1-17-7-3-2-6-13-10-5-4-9(12)8-11(10)14(15)16/h4-5,8,13H,2-3,6-7H2,1H3. The average Bonchev–Trinajstić information content (AvgIpc) is 2.30. The molecule has 1 rings (SSSR count). The predicted molar refractivity (Wildman–Crippen MR) is 76.9 cm³/mol. The van der Waals surface area contributed by atoms with Crippen LogP contribution in [0.4, 0.5) is 11.4 Å². The highest BCUT2D eigenvalue weighted by Gasteiger charge is 2.13. The Labute approximate surface area is 113 Å². The number of rotatable bonds is 7. The molecule has 0 fully saturated rings. The zero-order valence-corrected chi connectivity index (χ0v) is 12.0. The molecule has 0 aliphatic heterocycles. The van der Waals surface area contributed by atoms with Crippen molar-refractivity contribution in [2.24, 2.45) is 0 Å². The van der Waals surface area contributed by atoms with Gasteiger partial charge in [-0.2, -0.15) is 11.8 Å². The van der Waals surface area contributed by atoms with Crippen LogP contribution in [0.1, 0.15) is 12.8 Å². The first-order valence-electron chi connectivity index (χ1n) is 5.32. The second-order valence-electron chi connectivity index (χ2n) is 3.55. The third-order valence-corrected chi connectivity index (χ3v) is 3.44. The van der Waals surface area contributed by atoms with Crippen molar-refractivity contribution in [2.45, 2.75) is 12.8 Å². The maximum absolute atomic E-state index is 10.9. The molecule has 0 heterocycles. The van der Waals surface area contributed by atoms with Gasteiger partial charge in [-0.25, -0.2) is 0 Å². The molecular weight excluding hydrogens is 304 g/mol. The Morgan fingerprint density at radius 1 is 1.47 bits per heavy atom. The molecule has 94 valence electrons. The van der Waals surface area contributed by atoms with E-state index in [9.17, 15) is 10.1 Å². The molecule has 0 unspecified atom stereocenters. The molecule has 0 spiro atoms. The van der Waals surface area contributed by atoms with Crippen LogP contribution in [0.25, 0.3) is 0 Å². The fourth-order valence-electron chi connectivity index (χ4n) is 1.40. The molecule has 1 N–H and O–H groups in total. The molecule has 0 saturated heterocycles. The van der Waals surface area contributed by atoms with Crippen LogP contribution in [-0.4, -0.2) is 23.5 Å². The van der Waals surface area contributed by atoms with Gasteiger partial charge in [0.1, 0.15) is 5.69 Å². The van der Waals surface area contributed by atoms with Crippen LogP contribution in [0, 0.1) is 10.1 Å². The molecule has 0 aromatic heterocycles. The Balaban J connectivity index is 2.55. The first-order chi connectivity index (χ1) is 8.15. The second-order valence-corrected chi connectivity index (χ2v) is 5.45. The normalized spacial score (nSPS) is 10.2. The molecule has 0 aliphatic carbocycles. The van der Waals surface area contributed by atoms with E-state index in [0.717, 1.165) is 29.6 Å². The molecule has 0 radical (unpaired) electrons. The summed E-state index contributed by atoms with van der Waals surface area (Å²) < 4.78 is 0.720. The lowest BCUT2D eigenvalue weighted by Crippen LogP contribution is -2.04. The molecule has 4 nitrogen and oxygen atoms in total. The molecule has 0 amide bonds. The smallest absolute Gasteiger partial charge is 0.293 e. The van der Waals surface area contributed by atoms with Crippen LogP contribution in [-0.2, 0) is 0 Å². The highest BCUT2D eigenvalue weighted by atomic mass is 79.9. The Morgan fingerprint density at radius 3 is 2.88 bits per heavy atom. The monoisotopic (exact) mass is 318 g/mol. The van der Waals surface area contributed by atoms with E-state index in [4.69, 9.17) is 0 Å². The summed E-state index contributed by atoms with van der Waals surface area (Å²) >= 11 is 5.05. The van der Waals surface area contributed by atoms with E-state index in [-0.39, 0.29) is 10.6 Å². The fraction of sp³-hybridized carbons (Fsp3) is 0.455. The zero-order chi connectivity index (χ0) is 12.7. The molecule has 0 bridgehead atoms. The zero-order valence-electron chi connectivity index (χ0n) is 9.61. The van der Waals surface area contributed by atoms with Crippen molar-refractivity contribution in [1.82, 2.24) is 0 Å². The van der Waals surface area contributed by atoms with Gasteiger partial charge in [0, 0.05) is 17.1 Å². The topological polar surface area (TPSA) is 55.2 Å². The highest BCUT2D eigenvalue weighted by molar-refractivity contribution is 9.10. The van der Waals surface area contributed by atoms with E-state index >= 15 is 0 Å². The fourth-order valence-corrected chi connectivity index (χ4v) is 2.24. The number of hydrogen-bond donors (Lipinski definition) is 1. The summed E-state index contributed by atoms with van der Waals surface area (Å²) in [5, 5.41) is 14.0. The number of hydrogen-bond acceptors (Lipinski definition) is 4. The summed E-state index contributed by atoms with van der Waals surface area (Å²) in [6.07, 6.45) is 4.22. The van der Waals surface area contributed by atoms with Crippen LogP contribution in [0.2, 0.25) is 0 Å². The lowest BCUT2D eigenvalue weighted by atomic mass is 10.2. The third-order valence-electron chi connectivity index (χ3n) is 2.25. The van der Waals surface area contributed by atoms with E-state index in [0.29, 0.717) is 5.69 Å². The maximum Gasteiger partial charge on any atom is 0.293 e. The van der Waals surface area contributed by atoms with Crippen LogP contribution >= 0.6 is 27.7 Å². The first kappa shape index (κ1) is 14.3. The number of thioether (sulfide) groups is 1. The molecule has 1 aromatic rings. The minimum absolute atomic E-state index is 0.115. The van der Waals surface area contributed by atoms with E-state index in [1.165, 1.54) is 6.07 Å². The van der Waals surface area contributed by atoms with Gasteiger partial charge < -0.3 is 5.32 Å². The summed E-state index contributed by atoms with van der Waals surface area (Å²) in [6.45, 7) is 0.767. The number of nitro groups is 1. The highest BCUT2D eigenvalue weighted by Crippen LogP contribution is 2.27. The van der Waals surface area contributed by atoms with E-state index < -0.39 is 0 Å². The number of nitro benzene ring substituents is 1. The van der Waals surface area contributed by atoms with E-state index in [1.807, 2.05) is 11.8 Å². The van der Waals surface area contributed by atoms with Crippen molar-refractivity contribution in [1.29, 1.82) is 0 Å². The van der Waals surface area contributed by atoms with Crippen LogP contribution in [0.15, 0.2) is 22.7 Å². The SMILES string of the molecule is CSCCCCNc1ccc(Br)cc1[N+](=O)[O-]. The third kappa shape index (κ3) is 4.95. The lowest BCUT2D eigenvalue weighted by Gasteiger charge is -2.07. The van der Waals surface area contributed by atoms with E-state index in [2.05, 4.69) is 27.5 Å².